The number of pyridine rings is 1. The van der Waals surface area contributed by atoms with Gasteiger partial charge in [0.25, 0.3) is 5.69 Å². The van der Waals surface area contributed by atoms with E-state index in [1.54, 1.807) is 25.3 Å². The normalized spacial score (nSPS) is 10.3. The van der Waals surface area contributed by atoms with Crippen molar-refractivity contribution >= 4 is 21.6 Å². The SMILES string of the molecule is Cc1cc(Oc2ccc([N+](=O)[O-])cc2C)ncc1Br. The van der Waals surface area contributed by atoms with Gasteiger partial charge in [-0.1, -0.05) is 0 Å². The van der Waals surface area contributed by atoms with Crippen LogP contribution in [-0.2, 0) is 0 Å². The van der Waals surface area contributed by atoms with Crippen LogP contribution >= 0.6 is 15.9 Å². The average Bonchev–Trinajstić information content (AvgIpc) is 2.36. The highest BCUT2D eigenvalue weighted by molar-refractivity contribution is 9.10. The summed E-state index contributed by atoms with van der Waals surface area (Å²) in [4.78, 5) is 14.4. The van der Waals surface area contributed by atoms with E-state index in [0.29, 0.717) is 17.2 Å². The summed E-state index contributed by atoms with van der Waals surface area (Å²) in [5.74, 6) is 1.01. The molecule has 98 valence electrons. The van der Waals surface area contributed by atoms with Gasteiger partial charge >= 0.3 is 0 Å². The predicted octanol–water partition coefficient (Wildman–Crippen LogP) is 4.16. The molecule has 0 spiro atoms. The minimum Gasteiger partial charge on any atom is -0.439 e. The Kier molecular flexibility index (Phi) is 3.80. The first-order valence-corrected chi connectivity index (χ1v) is 6.31. The first-order chi connectivity index (χ1) is 8.97. The molecule has 0 N–H and O–H groups in total. The molecule has 2 rings (SSSR count). The number of hydrogen-bond acceptors (Lipinski definition) is 4. The molecule has 0 radical (unpaired) electrons. The van der Waals surface area contributed by atoms with Gasteiger partial charge in [0.15, 0.2) is 0 Å². The Hall–Kier alpha value is -1.95. The van der Waals surface area contributed by atoms with Crippen LogP contribution in [0.2, 0.25) is 0 Å². The van der Waals surface area contributed by atoms with Gasteiger partial charge in [-0.2, -0.15) is 0 Å². The molecular weight excluding hydrogens is 312 g/mol. The summed E-state index contributed by atoms with van der Waals surface area (Å²) in [6, 6.07) is 6.26. The minimum absolute atomic E-state index is 0.0461. The summed E-state index contributed by atoms with van der Waals surface area (Å²) < 4.78 is 6.53. The number of aryl methyl sites for hydroxylation is 2. The molecule has 0 fully saturated rings. The Labute approximate surface area is 118 Å². The third kappa shape index (κ3) is 3.08. The molecule has 0 saturated heterocycles. The Morgan fingerprint density at radius 1 is 1.26 bits per heavy atom. The van der Waals surface area contributed by atoms with E-state index in [1.807, 2.05) is 6.92 Å². The summed E-state index contributed by atoms with van der Waals surface area (Å²) in [7, 11) is 0. The first kappa shape index (κ1) is 13.5. The van der Waals surface area contributed by atoms with Crippen molar-refractivity contribution in [3.05, 3.63) is 56.2 Å². The molecule has 0 aliphatic heterocycles. The number of aromatic nitrogens is 1. The predicted molar refractivity (Wildman–Crippen MR) is 74.6 cm³/mol. The Balaban J connectivity index is 2.28. The minimum atomic E-state index is -0.432. The zero-order chi connectivity index (χ0) is 14.0. The van der Waals surface area contributed by atoms with Crippen LogP contribution < -0.4 is 4.74 Å². The Morgan fingerprint density at radius 2 is 2.00 bits per heavy atom. The monoisotopic (exact) mass is 322 g/mol. The summed E-state index contributed by atoms with van der Waals surface area (Å²) in [6.07, 6.45) is 1.66. The van der Waals surface area contributed by atoms with Crippen LogP contribution in [0.3, 0.4) is 0 Å². The smallest absolute Gasteiger partial charge is 0.269 e. The van der Waals surface area contributed by atoms with E-state index in [4.69, 9.17) is 4.74 Å². The van der Waals surface area contributed by atoms with Crippen molar-refractivity contribution in [2.45, 2.75) is 13.8 Å². The molecule has 0 saturated carbocycles. The molecule has 1 heterocycles. The fourth-order valence-electron chi connectivity index (χ4n) is 1.54. The molecule has 2 aromatic rings. The van der Waals surface area contributed by atoms with Gasteiger partial charge in [0.1, 0.15) is 5.75 Å². The molecule has 0 bridgehead atoms. The molecule has 5 nitrogen and oxygen atoms in total. The van der Waals surface area contributed by atoms with Crippen molar-refractivity contribution in [3.8, 4) is 11.6 Å². The summed E-state index contributed by atoms with van der Waals surface area (Å²) in [5.41, 5.74) is 1.74. The van der Waals surface area contributed by atoms with Gasteiger partial charge in [0.05, 0.1) is 4.92 Å². The van der Waals surface area contributed by atoms with E-state index >= 15 is 0 Å². The van der Waals surface area contributed by atoms with E-state index < -0.39 is 4.92 Å². The zero-order valence-corrected chi connectivity index (χ0v) is 12.0. The zero-order valence-electron chi connectivity index (χ0n) is 10.4. The van der Waals surface area contributed by atoms with Crippen LogP contribution in [0.4, 0.5) is 5.69 Å². The third-order valence-electron chi connectivity index (χ3n) is 2.61. The molecule has 0 unspecified atom stereocenters. The van der Waals surface area contributed by atoms with Crippen LogP contribution in [0.5, 0.6) is 11.6 Å². The number of nitro benzene ring substituents is 1. The number of ether oxygens (including phenoxy) is 1. The van der Waals surface area contributed by atoms with Crippen LogP contribution in [0.15, 0.2) is 34.9 Å². The summed E-state index contributed by atoms with van der Waals surface area (Å²) in [5, 5.41) is 10.7. The number of nitro groups is 1. The first-order valence-electron chi connectivity index (χ1n) is 5.52. The number of halogens is 1. The average molecular weight is 323 g/mol. The van der Waals surface area contributed by atoms with Crippen LogP contribution in [0.25, 0.3) is 0 Å². The summed E-state index contributed by atoms with van der Waals surface area (Å²) >= 11 is 3.36. The second-order valence-electron chi connectivity index (χ2n) is 4.08. The fourth-order valence-corrected chi connectivity index (χ4v) is 1.76. The van der Waals surface area contributed by atoms with E-state index in [2.05, 4.69) is 20.9 Å². The number of benzene rings is 1. The van der Waals surface area contributed by atoms with Gasteiger partial charge in [-0.05, 0) is 47.0 Å². The lowest BCUT2D eigenvalue weighted by molar-refractivity contribution is -0.384. The lowest BCUT2D eigenvalue weighted by Gasteiger charge is -2.08. The molecular formula is C13H11BrN2O3. The van der Waals surface area contributed by atoms with Gasteiger partial charge in [0.2, 0.25) is 5.88 Å². The largest absolute Gasteiger partial charge is 0.439 e. The molecule has 0 amide bonds. The summed E-state index contributed by atoms with van der Waals surface area (Å²) in [6.45, 7) is 3.69. The van der Waals surface area contributed by atoms with E-state index in [-0.39, 0.29) is 5.69 Å². The molecule has 1 aromatic carbocycles. The highest BCUT2D eigenvalue weighted by Crippen LogP contribution is 2.28. The van der Waals surface area contributed by atoms with Crippen molar-refractivity contribution in [1.82, 2.24) is 4.98 Å². The maximum Gasteiger partial charge on any atom is 0.269 e. The maximum absolute atomic E-state index is 10.7. The third-order valence-corrected chi connectivity index (χ3v) is 3.44. The second-order valence-corrected chi connectivity index (χ2v) is 4.94. The van der Waals surface area contributed by atoms with Gasteiger partial charge in [-0.15, -0.1) is 0 Å². The number of nitrogens with zero attached hydrogens (tertiary/aromatic N) is 2. The quantitative estimate of drug-likeness (QED) is 0.628. The van der Waals surface area contributed by atoms with E-state index in [9.17, 15) is 10.1 Å². The molecule has 0 aliphatic rings. The Morgan fingerprint density at radius 3 is 2.58 bits per heavy atom. The van der Waals surface area contributed by atoms with Crippen LogP contribution in [0, 0.1) is 24.0 Å². The Bertz CT molecular complexity index is 644. The number of hydrogen-bond donors (Lipinski definition) is 0. The van der Waals surface area contributed by atoms with Crippen molar-refractivity contribution in [1.29, 1.82) is 0 Å². The van der Waals surface area contributed by atoms with Gasteiger partial charge in [-0.25, -0.2) is 4.98 Å². The van der Waals surface area contributed by atoms with Crippen LogP contribution in [0.1, 0.15) is 11.1 Å². The molecule has 0 aliphatic carbocycles. The van der Waals surface area contributed by atoms with Crippen molar-refractivity contribution < 1.29 is 9.66 Å². The highest BCUT2D eigenvalue weighted by Gasteiger charge is 2.10. The molecule has 6 heteroatoms. The van der Waals surface area contributed by atoms with E-state index in [1.165, 1.54) is 12.1 Å². The lowest BCUT2D eigenvalue weighted by atomic mass is 10.2. The molecule has 1 aromatic heterocycles. The van der Waals surface area contributed by atoms with Crippen LogP contribution in [-0.4, -0.2) is 9.91 Å². The number of rotatable bonds is 3. The fraction of sp³-hybridized carbons (Fsp3) is 0.154. The second kappa shape index (κ2) is 5.36. The van der Waals surface area contributed by atoms with Gasteiger partial charge < -0.3 is 4.74 Å². The van der Waals surface area contributed by atoms with Crippen molar-refractivity contribution in [2.75, 3.05) is 0 Å². The lowest BCUT2D eigenvalue weighted by Crippen LogP contribution is -1.93. The number of non-ortho nitro benzene ring substituents is 1. The van der Waals surface area contributed by atoms with Gasteiger partial charge in [0, 0.05) is 28.9 Å². The van der Waals surface area contributed by atoms with Crippen molar-refractivity contribution in [2.24, 2.45) is 0 Å². The maximum atomic E-state index is 10.7. The van der Waals surface area contributed by atoms with Gasteiger partial charge in [-0.3, -0.25) is 10.1 Å². The molecule has 0 atom stereocenters. The highest BCUT2D eigenvalue weighted by atomic mass is 79.9. The van der Waals surface area contributed by atoms with E-state index in [0.717, 1.165) is 10.0 Å². The molecule has 19 heavy (non-hydrogen) atoms. The standard InChI is InChI=1S/C13H11BrN2O3/c1-8-6-13(15-7-11(8)14)19-12-4-3-10(16(17)18)5-9(12)2/h3-7H,1-2H3. The van der Waals surface area contributed by atoms with Crippen molar-refractivity contribution in [3.63, 3.8) is 0 Å². The topological polar surface area (TPSA) is 65.3 Å².